The molecule has 4 fully saturated rings. The summed E-state index contributed by atoms with van der Waals surface area (Å²) in [6, 6.07) is 0.474. The van der Waals surface area contributed by atoms with Crippen LogP contribution in [0, 0.1) is 46.3 Å². The maximum absolute atomic E-state index is 9.26. The molecule has 0 radical (unpaired) electrons. The highest BCUT2D eigenvalue weighted by Crippen LogP contribution is 2.68. The predicted octanol–water partition coefficient (Wildman–Crippen LogP) is 5.38. The third-order valence-corrected chi connectivity index (χ3v) is 10.3. The summed E-state index contributed by atoms with van der Waals surface area (Å²) >= 11 is 0. The van der Waals surface area contributed by atoms with Crippen LogP contribution in [0.1, 0.15) is 91.4 Å². The van der Waals surface area contributed by atoms with E-state index in [1.807, 2.05) is 0 Å². The van der Waals surface area contributed by atoms with Crippen LogP contribution in [0.2, 0.25) is 0 Å². The standard InChI is InChI=1S/C24H43NO/c1-16(5-4-14-26)20-8-9-21-19-7-6-17-15-18(25)10-12-23(17,2)22(19)11-13-24(20,21)3/h16-22,26H,4-15,25H2,1-3H3/t16-,17-,18+,19+,20-,21+,22+,23+,24-/m1/s1. The van der Waals surface area contributed by atoms with Crippen LogP contribution in [0.25, 0.3) is 0 Å². The number of aliphatic hydroxyl groups excluding tert-OH is 1. The molecule has 0 spiro atoms. The highest BCUT2D eigenvalue weighted by atomic mass is 16.2. The molecule has 4 aliphatic rings. The normalized spacial score (nSPS) is 52.0. The van der Waals surface area contributed by atoms with E-state index in [1.165, 1.54) is 64.2 Å². The first kappa shape index (κ1) is 19.2. The molecule has 4 rings (SSSR count). The van der Waals surface area contributed by atoms with Gasteiger partial charge in [0.25, 0.3) is 0 Å². The molecule has 2 heteroatoms. The Bertz CT molecular complexity index is 506. The second kappa shape index (κ2) is 7.07. The van der Waals surface area contributed by atoms with Gasteiger partial charge in [-0.1, -0.05) is 20.8 Å². The Hall–Kier alpha value is -0.0800. The SMILES string of the molecule is C[C@H](CCCO)[C@H]1CC[C@H]2[C@@H]3CC[C@@H]4C[C@@H](N)CC[C@]4(C)[C@H]3CC[C@]12C. The zero-order valence-corrected chi connectivity index (χ0v) is 17.6. The lowest BCUT2D eigenvalue weighted by molar-refractivity contribution is -0.116. The lowest BCUT2D eigenvalue weighted by Crippen LogP contribution is -2.54. The van der Waals surface area contributed by atoms with Crippen molar-refractivity contribution in [2.24, 2.45) is 52.1 Å². The molecular weight excluding hydrogens is 318 g/mol. The Kier molecular flexibility index (Phi) is 5.23. The summed E-state index contributed by atoms with van der Waals surface area (Å²) in [4.78, 5) is 0. The molecular formula is C24H43NO. The van der Waals surface area contributed by atoms with E-state index < -0.39 is 0 Å². The maximum atomic E-state index is 9.26. The Morgan fingerprint density at radius 2 is 1.69 bits per heavy atom. The van der Waals surface area contributed by atoms with E-state index >= 15 is 0 Å². The van der Waals surface area contributed by atoms with Gasteiger partial charge in [-0.25, -0.2) is 0 Å². The van der Waals surface area contributed by atoms with Crippen molar-refractivity contribution in [2.75, 3.05) is 6.61 Å². The number of hydrogen-bond donors (Lipinski definition) is 2. The lowest BCUT2D eigenvalue weighted by Gasteiger charge is -2.61. The highest BCUT2D eigenvalue weighted by molar-refractivity contribution is 5.09. The van der Waals surface area contributed by atoms with Crippen LogP contribution in [0.15, 0.2) is 0 Å². The maximum Gasteiger partial charge on any atom is 0.0431 e. The van der Waals surface area contributed by atoms with E-state index in [4.69, 9.17) is 5.73 Å². The Balaban J connectivity index is 1.52. The number of aliphatic hydroxyl groups is 1. The molecule has 0 bridgehead atoms. The van der Waals surface area contributed by atoms with Crippen molar-refractivity contribution in [3.05, 3.63) is 0 Å². The van der Waals surface area contributed by atoms with Crippen molar-refractivity contribution in [3.63, 3.8) is 0 Å². The summed E-state index contributed by atoms with van der Waals surface area (Å²) < 4.78 is 0. The van der Waals surface area contributed by atoms with Gasteiger partial charge in [0.15, 0.2) is 0 Å². The average Bonchev–Trinajstić information content (AvgIpc) is 2.97. The number of rotatable bonds is 4. The average molecular weight is 362 g/mol. The number of fused-ring (bicyclic) bond motifs is 5. The van der Waals surface area contributed by atoms with Gasteiger partial charge in [0.1, 0.15) is 0 Å². The minimum Gasteiger partial charge on any atom is -0.396 e. The van der Waals surface area contributed by atoms with Crippen molar-refractivity contribution in [2.45, 2.75) is 97.4 Å². The van der Waals surface area contributed by atoms with Crippen LogP contribution in [-0.2, 0) is 0 Å². The topological polar surface area (TPSA) is 46.2 Å². The monoisotopic (exact) mass is 361 g/mol. The molecule has 0 amide bonds. The van der Waals surface area contributed by atoms with Crippen LogP contribution in [-0.4, -0.2) is 17.8 Å². The van der Waals surface area contributed by atoms with E-state index in [-0.39, 0.29) is 0 Å². The van der Waals surface area contributed by atoms with E-state index in [9.17, 15) is 5.11 Å². The van der Waals surface area contributed by atoms with Gasteiger partial charge in [0.2, 0.25) is 0 Å². The summed E-state index contributed by atoms with van der Waals surface area (Å²) in [7, 11) is 0. The summed E-state index contributed by atoms with van der Waals surface area (Å²) in [5, 5.41) is 9.26. The van der Waals surface area contributed by atoms with Crippen molar-refractivity contribution in [3.8, 4) is 0 Å². The quantitative estimate of drug-likeness (QED) is 0.706. The Morgan fingerprint density at radius 1 is 0.962 bits per heavy atom. The zero-order chi connectivity index (χ0) is 18.5. The molecule has 0 aromatic rings. The van der Waals surface area contributed by atoms with Gasteiger partial charge in [-0.05, 0) is 117 Å². The molecule has 0 aromatic heterocycles. The molecule has 3 N–H and O–H groups in total. The molecule has 0 aliphatic heterocycles. The van der Waals surface area contributed by atoms with Crippen molar-refractivity contribution in [1.29, 1.82) is 0 Å². The first-order valence-corrected chi connectivity index (χ1v) is 11.8. The smallest absolute Gasteiger partial charge is 0.0431 e. The van der Waals surface area contributed by atoms with Crippen molar-refractivity contribution in [1.82, 2.24) is 0 Å². The van der Waals surface area contributed by atoms with Crippen LogP contribution in [0.4, 0.5) is 0 Å². The Labute approximate surface area is 161 Å². The largest absolute Gasteiger partial charge is 0.396 e. The minimum absolute atomic E-state index is 0.365. The van der Waals surface area contributed by atoms with Gasteiger partial charge in [-0.15, -0.1) is 0 Å². The molecule has 0 heterocycles. The van der Waals surface area contributed by atoms with Gasteiger partial charge < -0.3 is 10.8 Å². The first-order valence-electron chi connectivity index (χ1n) is 11.8. The molecule has 2 nitrogen and oxygen atoms in total. The molecule has 0 aromatic carbocycles. The minimum atomic E-state index is 0.365. The molecule has 150 valence electrons. The molecule has 4 aliphatic carbocycles. The van der Waals surface area contributed by atoms with Crippen molar-refractivity contribution < 1.29 is 5.11 Å². The van der Waals surface area contributed by atoms with E-state index in [0.29, 0.717) is 23.5 Å². The zero-order valence-electron chi connectivity index (χ0n) is 17.6. The van der Waals surface area contributed by atoms with Gasteiger partial charge >= 0.3 is 0 Å². The van der Waals surface area contributed by atoms with Gasteiger partial charge in [0.05, 0.1) is 0 Å². The van der Waals surface area contributed by atoms with Gasteiger partial charge in [-0.2, -0.15) is 0 Å². The summed E-state index contributed by atoms with van der Waals surface area (Å²) in [5.41, 5.74) is 7.51. The molecule has 26 heavy (non-hydrogen) atoms. The fourth-order valence-corrected chi connectivity index (χ4v) is 8.88. The third-order valence-electron chi connectivity index (χ3n) is 10.3. The predicted molar refractivity (Wildman–Crippen MR) is 109 cm³/mol. The fourth-order valence-electron chi connectivity index (χ4n) is 8.88. The molecule has 4 saturated carbocycles. The molecule has 0 saturated heterocycles. The summed E-state index contributed by atoms with van der Waals surface area (Å²) in [5.74, 6) is 5.50. The van der Waals surface area contributed by atoms with Crippen LogP contribution in [0.3, 0.4) is 0 Å². The van der Waals surface area contributed by atoms with E-state index in [0.717, 1.165) is 41.9 Å². The molecule has 9 atom stereocenters. The lowest BCUT2D eigenvalue weighted by atomic mass is 9.44. The van der Waals surface area contributed by atoms with Crippen LogP contribution in [0.5, 0.6) is 0 Å². The first-order chi connectivity index (χ1) is 12.4. The number of hydrogen-bond acceptors (Lipinski definition) is 2. The molecule has 0 unspecified atom stereocenters. The Morgan fingerprint density at radius 3 is 2.46 bits per heavy atom. The summed E-state index contributed by atoms with van der Waals surface area (Å²) in [6.45, 7) is 8.15. The van der Waals surface area contributed by atoms with Gasteiger partial charge in [-0.3, -0.25) is 0 Å². The van der Waals surface area contributed by atoms with Crippen LogP contribution >= 0.6 is 0 Å². The highest BCUT2D eigenvalue weighted by Gasteiger charge is 2.60. The van der Waals surface area contributed by atoms with Crippen molar-refractivity contribution >= 4 is 0 Å². The van der Waals surface area contributed by atoms with E-state index in [1.54, 1.807) is 0 Å². The second-order valence-electron chi connectivity index (χ2n) is 11.3. The second-order valence-corrected chi connectivity index (χ2v) is 11.3. The number of nitrogens with two attached hydrogens (primary N) is 1. The fraction of sp³-hybridized carbons (Fsp3) is 1.00. The van der Waals surface area contributed by atoms with Crippen LogP contribution < -0.4 is 5.73 Å². The van der Waals surface area contributed by atoms with E-state index in [2.05, 4.69) is 20.8 Å². The van der Waals surface area contributed by atoms with Gasteiger partial charge in [0, 0.05) is 12.6 Å². The third kappa shape index (κ3) is 2.89. The summed E-state index contributed by atoms with van der Waals surface area (Å²) in [6.07, 6.45) is 14.9.